The second-order valence-corrected chi connectivity index (χ2v) is 6.97. The molecular formula is C24H16F4O3. The third kappa shape index (κ3) is 4.45. The Balaban J connectivity index is 1.58. The number of carbonyl (C=O) groups is 1. The van der Waals surface area contributed by atoms with Crippen molar-refractivity contribution in [1.29, 1.82) is 0 Å². The summed E-state index contributed by atoms with van der Waals surface area (Å²) in [5.74, 6) is -0.158. The fraction of sp³-hybridized carbons (Fsp3) is 0.125. The predicted molar refractivity (Wildman–Crippen MR) is 107 cm³/mol. The molecule has 1 aliphatic rings. The van der Waals surface area contributed by atoms with Crippen LogP contribution in [0.25, 0.3) is 17.2 Å². The number of hydrogen-bond donors (Lipinski definition) is 0. The molecule has 1 aliphatic heterocycles. The molecule has 0 unspecified atom stereocenters. The molecule has 0 amide bonds. The fourth-order valence-corrected chi connectivity index (χ4v) is 3.31. The number of aldehydes is 1. The van der Waals surface area contributed by atoms with Gasteiger partial charge in [0.25, 0.3) is 0 Å². The minimum atomic E-state index is -4.68. The first-order valence-corrected chi connectivity index (χ1v) is 9.35. The molecule has 0 aromatic heterocycles. The molecule has 7 heteroatoms. The maximum absolute atomic E-state index is 14.1. The van der Waals surface area contributed by atoms with E-state index in [4.69, 9.17) is 9.47 Å². The topological polar surface area (TPSA) is 35.5 Å². The molecular weight excluding hydrogens is 412 g/mol. The summed E-state index contributed by atoms with van der Waals surface area (Å²) >= 11 is 0. The molecule has 3 aromatic rings. The first-order valence-electron chi connectivity index (χ1n) is 9.35. The van der Waals surface area contributed by atoms with Crippen molar-refractivity contribution in [1.82, 2.24) is 0 Å². The van der Waals surface area contributed by atoms with Gasteiger partial charge in [0.05, 0.1) is 5.56 Å². The van der Waals surface area contributed by atoms with E-state index in [9.17, 15) is 22.4 Å². The molecule has 0 aliphatic carbocycles. The van der Waals surface area contributed by atoms with Gasteiger partial charge in [-0.2, -0.15) is 13.2 Å². The molecule has 0 radical (unpaired) electrons. The molecule has 3 aromatic carbocycles. The van der Waals surface area contributed by atoms with Crippen LogP contribution in [0, 0.1) is 5.82 Å². The number of ether oxygens (including phenoxy) is 2. The van der Waals surface area contributed by atoms with Crippen molar-refractivity contribution < 1.29 is 31.8 Å². The average Bonchev–Trinajstić information content (AvgIpc) is 2.77. The zero-order valence-electron chi connectivity index (χ0n) is 16.1. The van der Waals surface area contributed by atoms with E-state index in [1.807, 2.05) is 0 Å². The average molecular weight is 428 g/mol. The highest BCUT2D eigenvalue weighted by Gasteiger charge is 2.34. The molecule has 0 atom stereocenters. The van der Waals surface area contributed by atoms with Crippen LogP contribution >= 0.6 is 0 Å². The molecule has 4 rings (SSSR count). The number of rotatable bonds is 5. The highest BCUT2D eigenvalue weighted by Crippen LogP contribution is 2.40. The van der Waals surface area contributed by atoms with Crippen LogP contribution in [-0.2, 0) is 17.6 Å². The Morgan fingerprint density at radius 2 is 1.81 bits per heavy atom. The summed E-state index contributed by atoms with van der Waals surface area (Å²) in [7, 11) is 0. The highest BCUT2D eigenvalue weighted by molar-refractivity contribution is 5.84. The van der Waals surface area contributed by atoms with Crippen LogP contribution < -0.4 is 9.47 Å². The molecule has 1 heterocycles. The maximum Gasteiger partial charge on any atom is 0.417 e. The Kier molecular flexibility index (Phi) is 5.50. The van der Waals surface area contributed by atoms with Crippen molar-refractivity contribution in [2.24, 2.45) is 0 Å². The van der Waals surface area contributed by atoms with E-state index in [1.54, 1.807) is 24.3 Å². The summed E-state index contributed by atoms with van der Waals surface area (Å²) in [5, 5.41) is 0. The lowest BCUT2D eigenvalue weighted by atomic mass is 9.98. The Morgan fingerprint density at radius 3 is 2.55 bits per heavy atom. The van der Waals surface area contributed by atoms with Gasteiger partial charge >= 0.3 is 6.18 Å². The van der Waals surface area contributed by atoms with Crippen molar-refractivity contribution in [3.05, 3.63) is 88.7 Å². The monoisotopic (exact) mass is 428 g/mol. The van der Waals surface area contributed by atoms with Gasteiger partial charge in [0.15, 0.2) is 0 Å². The van der Waals surface area contributed by atoms with Gasteiger partial charge in [-0.3, -0.25) is 4.79 Å². The van der Waals surface area contributed by atoms with Gasteiger partial charge in [0, 0.05) is 16.7 Å². The maximum atomic E-state index is 14.1. The number of benzene rings is 3. The lowest BCUT2D eigenvalue weighted by Crippen LogP contribution is -2.09. The van der Waals surface area contributed by atoms with E-state index in [2.05, 4.69) is 0 Å². The van der Waals surface area contributed by atoms with Gasteiger partial charge < -0.3 is 9.47 Å². The van der Waals surface area contributed by atoms with Gasteiger partial charge in [-0.1, -0.05) is 30.3 Å². The molecule has 0 saturated carbocycles. The summed E-state index contributed by atoms with van der Waals surface area (Å²) < 4.78 is 66.0. The smallest absolute Gasteiger partial charge is 0.417 e. The van der Waals surface area contributed by atoms with E-state index in [0.717, 1.165) is 24.0 Å². The lowest BCUT2D eigenvalue weighted by molar-refractivity contribution is -0.137. The third-order valence-corrected chi connectivity index (χ3v) is 4.83. The molecule has 0 saturated heterocycles. The van der Waals surface area contributed by atoms with Crippen molar-refractivity contribution in [3.63, 3.8) is 0 Å². The molecule has 0 N–H and O–H groups in total. The van der Waals surface area contributed by atoms with Gasteiger partial charge in [0.1, 0.15) is 36.8 Å². The SMILES string of the molecule is O=CC1=Cc2ccc(COc3ccc(-c4ccccc4F)c(C(F)(F)F)c3)cc2OC1. The number of alkyl halides is 3. The Bertz CT molecular complexity index is 1170. The van der Waals surface area contributed by atoms with E-state index in [-0.39, 0.29) is 30.1 Å². The number of carbonyl (C=O) groups excluding carboxylic acids is 1. The van der Waals surface area contributed by atoms with Crippen LogP contribution in [0.5, 0.6) is 11.5 Å². The molecule has 31 heavy (non-hydrogen) atoms. The summed E-state index contributed by atoms with van der Waals surface area (Å²) in [4.78, 5) is 10.9. The van der Waals surface area contributed by atoms with E-state index >= 15 is 0 Å². The molecule has 0 bridgehead atoms. The van der Waals surface area contributed by atoms with Gasteiger partial charge in [-0.25, -0.2) is 4.39 Å². The number of halogens is 4. The summed E-state index contributed by atoms with van der Waals surface area (Å²) in [6.07, 6.45) is -2.24. The first-order chi connectivity index (χ1) is 14.8. The van der Waals surface area contributed by atoms with E-state index in [1.165, 1.54) is 30.3 Å². The van der Waals surface area contributed by atoms with Gasteiger partial charge in [-0.15, -0.1) is 0 Å². The second-order valence-electron chi connectivity index (χ2n) is 6.97. The van der Waals surface area contributed by atoms with Gasteiger partial charge in [-0.05, 0) is 47.5 Å². The quantitative estimate of drug-likeness (QED) is 0.366. The van der Waals surface area contributed by atoms with Crippen molar-refractivity contribution in [2.75, 3.05) is 6.61 Å². The van der Waals surface area contributed by atoms with Crippen LogP contribution in [0.3, 0.4) is 0 Å². The number of fused-ring (bicyclic) bond motifs is 1. The molecule has 0 spiro atoms. The Labute approximate surface area is 175 Å². The van der Waals surface area contributed by atoms with Crippen LogP contribution in [0.4, 0.5) is 17.6 Å². The van der Waals surface area contributed by atoms with Crippen molar-refractivity contribution >= 4 is 12.4 Å². The van der Waals surface area contributed by atoms with E-state index in [0.29, 0.717) is 16.9 Å². The predicted octanol–water partition coefficient (Wildman–Crippen LogP) is 6.07. The highest BCUT2D eigenvalue weighted by atomic mass is 19.4. The van der Waals surface area contributed by atoms with Crippen molar-refractivity contribution in [2.45, 2.75) is 12.8 Å². The zero-order chi connectivity index (χ0) is 22.0. The van der Waals surface area contributed by atoms with E-state index < -0.39 is 17.6 Å². The first kappa shape index (κ1) is 20.7. The summed E-state index contributed by atoms with van der Waals surface area (Å²) in [6, 6.07) is 14.0. The Hall–Kier alpha value is -3.61. The normalized spacial score (nSPS) is 13.1. The van der Waals surface area contributed by atoms with Gasteiger partial charge in [0.2, 0.25) is 0 Å². The third-order valence-electron chi connectivity index (χ3n) is 4.83. The molecule has 0 fully saturated rings. The summed E-state index contributed by atoms with van der Waals surface area (Å²) in [6.45, 7) is 0.171. The zero-order valence-corrected chi connectivity index (χ0v) is 16.1. The minimum Gasteiger partial charge on any atom is -0.489 e. The standard InChI is InChI=1S/C24H16F4O3/c25-22-4-2-1-3-20(22)19-8-7-18(11-21(19)24(26,27)28)30-13-15-5-6-17-9-16(12-29)14-31-23(17)10-15/h1-12H,13-14H2. The number of hydrogen-bond acceptors (Lipinski definition) is 3. The minimum absolute atomic E-state index is 0.00851. The van der Waals surface area contributed by atoms with Crippen LogP contribution in [0.1, 0.15) is 16.7 Å². The lowest BCUT2D eigenvalue weighted by Gasteiger charge is -2.17. The summed E-state index contributed by atoms with van der Waals surface area (Å²) in [5.41, 5.74) is 0.592. The largest absolute Gasteiger partial charge is 0.489 e. The molecule has 3 nitrogen and oxygen atoms in total. The Morgan fingerprint density at radius 1 is 1.00 bits per heavy atom. The van der Waals surface area contributed by atoms with Crippen molar-refractivity contribution in [3.8, 4) is 22.6 Å². The second kappa shape index (κ2) is 8.26. The fourth-order valence-electron chi connectivity index (χ4n) is 3.31. The van der Waals surface area contributed by atoms with Crippen LogP contribution in [0.15, 0.2) is 66.2 Å². The van der Waals surface area contributed by atoms with Crippen LogP contribution in [0.2, 0.25) is 0 Å². The molecule has 158 valence electrons. The van der Waals surface area contributed by atoms with Crippen LogP contribution in [-0.4, -0.2) is 12.9 Å².